The number of likely N-dealkylation sites (N-methyl/N-ethyl adjacent to an activating group) is 1. The van der Waals surface area contributed by atoms with Crippen LogP contribution in [-0.2, 0) is 16.0 Å². The van der Waals surface area contributed by atoms with E-state index in [1.807, 2.05) is 6.07 Å². The zero-order valence-corrected chi connectivity index (χ0v) is 17.6. The first-order valence-corrected chi connectivity index (χ1v) is 10.2. The summed E-state index contributed by atoms with van der Waals surface area (Å²) in [7, 11) is 1.66. The SMILES string of the molecule is Cc1cccc(Cc2cnc(NC(=O)CN(C)CC(=O)Nc3cccc(F)c3)s2)c1. The van der Waals surface area contributed by atoms with Gasteiger partial charge >= 0.3 is 0 Å². The van der Waals surface area contributed by atoms with Crippen molar-refractivity contribution < 1.29 is 14.0 Å². The summed E-state index contributed by atoms with van der Waals surface area (Å²) in [6.07, 6.45) is 2.52. The minimum Gasteiger partial charge on any atom is -0.325 e. The number of nitrogens with zero attached hydrogens (tertiary/aromatic N) is 2. The van der Waals surface area contributed by atoms with Crippen LogP contribution in [0.3, 0.4) is 0 Å². The maximum Gasteiger partial charge on any atom is 0.240 e. The van der Waals surface area contributed by atoms with Crippen molar-refractivity contribution in [2.75, 3.05) is 30.8 Å². The summed E-state index contributed by atoms with van der Waals surface area (Å²) < 4.78 is 13.2. The standard InChI is InChI=1S/C22H23FN4O2S/c1-15-5-3-6-16(9-15)10-19-12-24-22(30-19)26-21(29)14-27(2)13-20(28)25-18-8-4-7-17(23)11-18/h3-9,11-12H,10,13-14H2,1-2H3,(H,25,28)(H,24,26,29). The lowest BCUT2D eigenvalue weighted by Crippen LogP contribution is -2.36. The Hall–Kier alpha value is -3.10. The van der Waals surface area contributed by atoms with E-state index in [-0.39, 0.29) is 24.9 Å². The van der Waals surface area contributed by atoms with Crippen molar-refractivity contribution in [2.45, 2.75) is 13.3 Å². The van der Waals surface area contributed by atoms with Crippen molar-refractivity contribution in [3.05, 3.63) is 76.5 Å². The molecule has 0 radical (unpaired) electrons. The molecule has 2 N–H and O–H groups in total. The number of carbonyl (C=O) groups is 2. The summed E-state index contributed by atoms with van der Waals surface area (Å²) >= 11 is 1.43. The van der Waals surface area contributed by atoms with Gasteiger partial charge in [0.05, 0.1) is 13.1 Å². The molecule has 8 heteroatoms. The van der Waals surface area contributed by atoms with E-state index >= 15 is 0 Å². The number of anilines is 2. The van der Waals surface area contributed by atoms with Crippen LogP contribution in [0, 0.1) is 12.7 Å². The fraction of sp³-hybridized carbons (Fsp3) is 0.227. The summed E-state index contributed by atoms with van der Waals surface area (Å²) in [6.45, 7) is 2.08. The van der Waals surface area contributed by atoms with Gasteiger partial charge in [0.15, 0.2) is 5.13 Å². The molecule has 0 unspecified atom stereocenters. The van der Waals surface area contributed by atoms with Crippen molar-refractivity contribution in [2.24, 2.45) is 0 Å². The number of amides is 2. The van der Waals surface area contributed by atoms with Crippen molar-refractivity contribution in [3.63, 3.8) is 0 Å². The number of thiazole rings is 1. The fourth-order valence-corrected chi connectivity index (χ4v) is 3.80. The van der Waals surface area contributed by atoms with Gasteiger partial charge in [-0.15, -0.1) is 11.3 Å². The molecular formula is C22H23FN4O2S. The second kappa shape index (κ2) is 10.1. The number of aromatic nitrogens is 1. The van der Waals surface area contributed by atoms with E-state index in [9.17, 15) is 14.0 Å². The van der Waals surface area contributed by atoms with Gasteiger partial charge in [0.1, 0.15) is 5.82 Å². The normalized spacial score (nSPS) is 10.8. The van der Waals surface area contributed by atoms with Crippen LogP contribution >= 0.6 is 11.3 Å². The highest BCUT2D eigenvalue weighted by Gasteiger charge is 2.13. The molecule has 0 spiro atoms. The van der Waals surface area contributed by atoms with Crippen LogP contribution in [-0.4, -0.2) is 41.8 Å². The minimum absolute atomic E-state index is 0.000407. The lowest BCUT2D eigenvalue weighted by Gasteiger charge is -2.15. The highest BCUT2D eigenvalue weighted by Crippen LogP contribution is 2.21. The average Bonchev–Trinajstić information content (AvgIpc) is 3.07. The number of hydrogen-bond donors (Lipinski definition) is 2. The molecule has 0 atom stereocenters. The van der Waals surface area contributed by atoms with Gasteiger partial charge in [-0.1, -0.05) is 35.9 Å². The second-order valence-electron chi connectivity index (χ2n) is 7.08. The van der Waals surface area contributed by atoms with Crippen molar-refractivity contribution >= 4 is 34.0 Å². The minimum atomic E-state index is -0.425. The zero-order valence-electron chi connectivity index (χ0n) is 16.8. The van der Waals surface area contributed by atoms with Gasteiger partial charge in [-0.25, -0.2) is 9.37 Å². The van der Waals surface area contributed by atoms with E-state index in [0.717, 1.165) is 11.3 Å². The van der Waals surface area contributed by atoms with Crippen LogP contribution in [0.5, 0.6) is 0 Å². The molecule has 2 amide bonds. The van der Waals surface area contributed by atoms with E-state index in [4.69, 9.17) is 0 Å². The van der Waals surface area contributed by atoms with Crippen LogP contribution in [0.4, 0.5) is 15.2 Å². The predicted molar refractivity (Wildman–Crippen MR) is 117 cm³/mol. The molecule has 0 saturated heterocycles. The average molecular weight is 427 g/mol. The van der Waals surface area contributed by atoms with Crippen molar-refractivity contribution in [1.29, 1.82) is 0 Å². The topological polar surface area (TPSA) is 74.3 Å². The second-order valence-corrected chi connectivity index (χ2v) is 8.19. The van der Waals surface area contributed by atoms with E-state index in [0.29, 0.717) is 10.8 Å². The molecule has 0 bridgehead atoms. The van der Waals surface area contributed by atoms with Gasteiger partial charge in [0.25, 0.3) is 0 Å². The molecule has 156 valence electrons. The van der Waals surface area contributed by atoms with Crippen LogP contribution in [0.15, 0.2) is 54.7 Å². The third-order valence-electron chi connectivity index (χ3n) is 4.20. The summed E-state index contributed by atoms with van der Waals surface area (Å²) in [4.78, 5) is 31.2. The largest absolute Gasteiger partial charge is 0.325 e. The van der Waals surface area contributed by atoms with Gasteiger partial charge in [-0.3, -0.25) is 14.5 Å². The molecule has 1 aromatic heterocycles. The van der Waals surface area contributed by atoms with Gasteiger partial charge < -0.3 is 10.6 Å². The Kier molecular flexibility index (Phi) is 7.26. The Morgan fingerprint density at radius 1 is 1.07 bits per heavy atom. The van der Waals surface area contributed by atoms with E-state index < -0.39 is 5.82 Å². The molecule has 2 aromatic carbocycles. The van der Waals surface area contributed by atoms with Gasteiger partial charge in [-0.2, -0.15) is 0 Å². The molecule has 0 aliphatic rings. The smallest absolute Gasteiger partial charge is 0.240 e. The fourth-order valence-electron chi connectivity index (χ4n) is 2.94. The number of benzene rings is 2. The molecule has 3 rings (SSSR count). The molecule has 30 heavy (non-hydrogen) atoms. The number of rotatable bonds is 8. The molecule has 0 aliphatic carbocycles. The Balaban J connectivity index is 1.45. The number of hydrogen-bond acceptors (Lipinski definition) is 5. The molecule has 6 nitrogen and oxygen atoms in total. The summed E-state index contributed by atoms with van der Waals surface area (Å²) in [5.74, 6) is -1.01. The van der Waals surface area contributed by atoms with E-state index in [1.165, 1.54) is 40.7 Å². The molecule has 3 aromatic rings. The maximum atomic E-state index is 13.2. The lowest BCUT2D eigenvalue weighted by molar-refractivity contribution is -0.119. The Morgan fingerprint density at radius 2 is 1.80 bits per heavy atom. The first-order chi connectivity index (χ1) is 14.4. The maximum absolute atomic E-state index is 13.2. The molecule has 0 aliphatic heterocycles. The molecule has 0 fully saturated rings. The number of halogens is 1. The number of carbonyl (C=O) groups excluding carboxylic acids is 2. The van der Waals surface area contributed by atoms with E-state index in [2.05, 4.69) is 40.7 Å². The van der Waals surface area contributed by atoms with Gasteiger partial charge in [0.2, 0.25) is 11.8 Å². The Bertz CT molecular complexity index is 1040. The Labute approximate surface area is 178 Å². The van der Waals surface area contributed by atoms with Gasteiger partial charge in [0, 0.05) is 23.2 Å². The highest BCUT2D eigenvalue weighted by molar-refractivity contribution is 7.15. The van der Waals surface area contributed by atoms with Crippen LogP contribution in [0.1, 0.15) is 16.0 Å². The van der Waals surface area contributed by atoms with Crippen LogP contribution < -0.4 is 10.6 Å². The van der Waals surface area contributed by atoms with Gasteiger partial charge in [-0.05, 0) is 37.7 Å². The number of aryl methyl sites for hydroxylation is 1. The van der Waals surface area contributed by atoms with Crippen molar-refractivity contribution in [1.82, 2.24) is 9.88 Å². The lowest BCUT2D eigenvalue weighted by atomic mass is 10.1. The number of nitrogens with one attached hydrogen (secondary N) is 2. The Morgan fingerprint density at radius 3 is 2.53 bits per heavy atom. The monoisotopic (exact) mass is 426 g/mol. The molecular weight excluding hydrogens is 403 g/mol. The predicted octanol–water partition coefficient (Wildman–Crippen LogP) is 3.69. The van der Waals surface area contributed by atoms with E-state index in [1.54, 1.807) is 24.2 Å². The first kappa shape index (κ1) is 21.6. The van der Waals surface area contributed by atoms with Crippen molar-refractivity contribution in [3.8, 4) is 0 Å². The van der Waals surface area contributed by atoms with Crippen LogP contribution in [0.2, 0.25) is 0 Å². The first-order valence-electron chi connectivity index (χ1n) is 9.41. The third kappa shape index (κ3) is 6.75. The summed E-state index contributed by atoms with van der Waals surface area (Å²) in [5, 5.41) is 5.90. The quantitative estimate of drug-likeness (QED) is 0.576. The third-order valence-corrected chi connectivity index (χ3v) is 5.11. The highest BCUT2D eigenvalue weighted by atomic mass is 32.1. The summed E-state index contributed by atoms with van der Waals surface area (Å²) in [5.41, 5.74) is 2.78. The summed E-state index contributed by atoms with van der Waals surface area (Å²) in [6, 6.07) is 13.9. The molecule has 0 saturated carbocycles. The zero-order chi connectivity index (χ0) is 21.5. The van der Waals surface area contributed by atoms with Crippen LogP contribution in [0.25, 0.3) is 0 Å². The molecule has 1 heterocycles.